The molecule has 2 atom stereocenters. The first-order valence-corrected chi connectivity index (χ1v) is 6.50. The van der Waals surface area contributed by atoms with Gasteiger partial charge in [0.1, 0.15) is 17.6 Å². The highest BCUT2D eigenvalue weighted by Gasteiger charge is 2.21. The number of aryl methyl sites for hydroxylation is 3. The predicted octanol–water partition coefficient (Wildman–Crippen LogP) is 1.51. The van der Waals surface area contributed by atoms with Gasteiger partial charge in [-0.1, -0.05) is 0 Å². The third-order valence-electron chi connectivity index (χ3n) is 3.27. The lowest BCUT2D eigenvalue weighted by Crippen LogP contribution is -2.35. The average Bonchev–Trinajstić information content (AvgIpc) is 2.94. The highest BCUT2D eigenvalue weighted by molar-refractivity contribution is 5.83. The van der Waals surface area contributed by atoms with Crippen molar-refractivity contribution >= 4 is 5.91 Å². The van der Waals surface area contributed by atoms with Gasteiger partial charge in [0.05, 0.1) is 12.2 Å². The summed E-state index contributed by atoms with van der Waals surface area (Å²) in [5, 5.41) is 6.91. The van der Waals surface area contributed by atoms with Crippen molar-refractivity contribution < 1.29 is 9.21 Å². The summed E-state index contributed by atoms with van der Waals surface area (Å²) >= 11 is 0. The Morgan fingerprint density at radius 2 is 2.20 bits per heavy atom. The number of rotatable bonds is 4. The molecule has 6 nitrogen and oxygen atoms in total. The molecule has 0 aliphatic rings. The zero-order chi connectivity index (χ0) is 14.9. The minimum absolute atomic E-state index is 0.150. The summed E-state index contributed by atoms with van der Waals surface area (Å²) in [5.74, 6) is 1.41. The number of amides is 1. The van der Waals surface area contributed by atoms with E-state index in [1.54, 1.807) is 24.1 Å². The van der Waals surface area contributed by atoms with Crippen molar-refractivity contribution in [1.29, 1.82) is 0 Å². The van der Waals surface area contributed by atoms with E-state index >= 15 is 0 Å². The van der Waals surface area contributed by atoms with E-state index < -0.39 is 6.04 Å². The summed E-state index contributed by atoms with van der Waals surface area (Å²) in [6.07, 6.45) is 3.34. The molecule has 0 saturated carbocycles. The van der Waals surface area contributed by atoms with Crippen LogP contribution in [0.15, 0.2) is 22.9 Å². The summed E-state index contributed by atoms with van der Waals surface area (Å²) in [6, 6.07) is 1.05. The Balaban J connectivity index is 2.06. The van der Waals surface area contributed by atoms with Crippen molar-refractivity contribution in [3.05, 3.63) is 41.1 Å². The summed E-state index contributed by atoms with van der Waals surface area (Å²) in [5.41, 5.74) is 7.59. The van der Waals surface area contributed by atoms with Crippen molar-refractivity contribution in [2.75, 3.05) is 0 Å². The number of nitrogens with zero attached hydrogens (tertiary/aromatic N) is 2. The van der Waals surface area contributed by atoms with Crippen LogP contribution in [0.5, 0.6) is 0 Å². The Morgan fingerprint density at radius 3 is 2.70 bits per heavy atom. The molecule has 0 fully saturated rings. The SMILES string of the molecule is Cc1cc(C(C)NC(=O)C(N)c2cnn(C)c2)c(C)o1. The standard InChI is InChI=1S/C14H20N4O2/c1-8-5-12(10(3)20-8)9(2)17-14(19)13(15)11-6-16-18(4)7-11/h5-7,9,13H,15H2,1-4H3,(H,17,19). The van der Waals surface area contributed by atoms with Gasteiger partial charge in [-0.15, -0.1) is 0 Å². The maximum absolute atomic E-state index is 12.2. The smallest absolute Gasteiger partial charge is 0.242 e. The van der Waals surface area contributed by atoms with Gasteiger partial charge in [0.15, 0.2) is 0 Å². The van der Waals surface area contributed by atoms with Gasteiger partial charge in [-0.25, -0.2) is 0 Å². The summed E-state index contributed by atoms with van der Waals surface area (Å²) in [4.78, 5) is 12.2. The third kappa shape index (κ3) is 2.91. The van der Waals surface area contributed by atoms with E-state index in [2.05, 4.69) is 10.4 Å². The monoisotopic (exact) mass is 276 g/mol. The summed E-state index contributed by atoms with van der Waals surface area (Å²) in [7, 11) is 1.79. The second kappa shape index (κ2) is 5.50. The Morgan fingerprint density at radius 1 is 1.50 bits per heavy atom. The van der Waals surface area contributed by atoms with E-state index in [0.717, 1.165) is 17.1 Å². The van der Waals surface area contributed by atoms with Gasteiger partial charge >= 0.3 is 0 Å². The molecule has 2 rings (SSSR count). The van der Waals surface area contributed by atoms with Crippen molar-refractivity contribution in [2.45, 2.75) is 32.9 Å². The minimum Gasteiger partial charge on any atom is -0.466 e. The van der Waals surface area contributed by atoms with Crippen LogP contribution in [0.1, 0.15) is 41.7 Å². The molecule has 108 valence electrons. The Labute approximate surface area is 117 Å². The summed E-state index contributed by atoms with van der Waals surface area (Å²) in [6.45, 7) is 5.67. The largest absolute Gasteiger partial charge is 0.466 e. The maximum Gasteiger partial charge on any atom is 0.242 e. The molecule has 0 bridgehead atoms. The van der Waals surface area contributed by atoms with Gasteiger partial charge in [-0.3, -0.25) is 9.48 Å². The van der Waals surface area contributed by atoms with E-state index in [1.807, 2.05) is 26.8 Å². The molecule has 0 radical (unpaired) electrons. The zero-order valence-electron chi connectivity index (χ0n) is 12.2. The molecular formula is C14H20N4O2. The lowest BCUT2D eigenvalue weighted by molar-refractivity contribution is -0.123. The van der Waals surface area contributed by atoms with Crippen LogP contribution in [-0.2, 0) is 11.8 Å². The fraction of sp³-hybridized carbons (Fsp3) is 0.429. The Kier molecular flexibility index (Phi) is 3.94. The summed E-state index contributed by atoms with van der Waals surface area (Å²) < 4.78 is 7.09. The zero-order valence-corrected chi connectivity index (χ0v) is 12.2. The average molecular weight is 276 g/mol. The molecular weight excluding hydrogens is 256 g/mol. The number of carbonyl (C=O) groups is 1. The van der Waals surface area contributed by atoms with Crippen molar-refractivity contribution in [3.63, 3.8) is 0 Å². The Hall–Kier alpha value is -2.08. The van der Waals surface area contributed by atoms with E-state index in [9.17, 15) is 4.79 Å². The molecule has 20 heavy (non-hydrogen) atoms. The molecule has 2 unspecified atom stereocenters. The van der Waals surface area contributed by atoms with E-state index in [0.29, 0.717) is 5.56 Å². The second-order valence-electron chi connectivity index (χ2n) is 5.02. The van der Waals surface area contributed by atoms with Crippen molar-refractivity contribution in [2.24, 2.45) is 12.8 Å². The first-order chi connectivity index (χ1) is 9.38. The van der Waals surface area contributed by atoms with Crippen molar-refractivity contribution in [3.8, 4) is 0 Å². The lowest BCUT2D eigenvalue weighted by Gasteiger charge is -2.16. The quantitative estimate of drug-likeness (QED) is 0.886. The third-order valence-corrected chi connectivity index (χ3v) is 3.27. The van der Waals surface area contributed by atoms with E-state index in [-0.39, 0.29) is 11.9 Å². The molecule has 1 amide bonds. The molecule has 0 saturated heterocycles. The van der Waals surface area contributed by atoms with Gasteiger partial charge in [0.2, 0.25) is 5.91 Å². The molecule has 2 aromatic heterocycles. The number of hydrogen-bond acceptors (Lipinski definition) is 4. The minimum atomic E-state index is -0.723. The molecule has 3 N–H and O–H groups in total. The van der Waals surface area contributed by atoms with E-state index in [4.69, 9.17) is 10.2 Å². The van der Waals surface area contributed by atoms with Crippen LogP contribution in [-0.4, -0.2) is 15.7 Å². The number of nitrogens with two attached hydrogens (primary N) is 1. The van der Waals surface area contributed by atoms with Gasteiger partial charge in [-0.05, 0) is 26.8 Å². The molecule has 0 aromatic carbocycles. The van der Waals surface area contributed by atoms with Crippen molar-refractivity contribution in [1.82, 2.24) is 15.1 Å². The highest BCUT2D eigenvalue weighted by Crippen LogP contribution is 2.22. The molecule has 0 spiro atoms. The van der Waals surface area contributed by atoms with Crippen LogP contribution in [0.3, 0.4) is 0 Å². The number of nitrogens with one attached hydrogen (secondary N) is 1. The van der Waals surface area contributed by atoms with Crippen LogP contribution in [0, 0.1) is 13.8 Å². The number of carbonyl (C=O) groups excluding carboxylic acids is 1. The molecule has 2 aromatic rings. The number of hydrogen-bond donors (Lipinski definition) is 2. The van der Waals surface area contributed by atoms with Crippen LogP contribution in [0.2, 0.25) is 0 Å². The second-order valence-corrected chi connectivity index (χ2v) is 5.02. The molecule has 6 heteroatoms. The fourth-order valence-electron chi connectivity index (χ4n) is 2.21. The van der Waals surface area contributed by atoms with Gasteiger partial charge in [0, 0.05) is 24.4 Å². The maximum atomic E-state index is 12.2. The molecule has 0 aliphatic carbocycles. The normalized spacial score (nSPS) is 14.1. The first kappa shape index (κ1) is 14.3. The lowest BCUT2D eigenvalue weighted by atomic mass is 10.1. The van der Waals surface area contributed by atoms with Crippen LogP contribution < -0.4 is 11.1 Å². The predicted molar refractivity (Wildman–Crippen MR) is 74.9 cm³/mol. The topological polar surface area (TPSA) is 86.1 Å². The fourth-order valence-corrected chi connectivity index (χ4v) is 2.21. The number of aromatic nitrogens is 2. The van der Waals surface area contributed by atoms with Gasteiger partial charge in [0.25, 0.3) is 0 Å². The Bertz CT molecular complexity index is 614. The molecule has 0 aliphatic heterocycles. The van der Waals surface area contributed by atoms with Crippen LogP contribution in [0.25, 0.3) is 0 Å². The number of furan rings is 1. The van der Waals surface area contributed by atoms with Crippen LogP contribution in [0.4, 0.5) is 0 Å². The molecule has 2 heterocycles. The first-order valence-electron chi connectivity index (χ1n) is 6.50. The highest BCUT2D eigenvalue weighted by atomic mass is 16.3. The van der Waals surface area contributed by atoms with Gasteiger partial charge in [-0.2, -0.15) is 5.10 Å². The van der Waals surface area contributed by atoms with E-state index in [1.165, 1.54) is 0 Å². The van der Waals surface area contributed by atoms with Gasteiger partial charge < -0.3 is 15.5 Å². The van der Waals surface area contributed by atoms with Crippen LogP contribution >= 0.6 is 0 Å².